The van der Waals surface area contributed by atoms with E-state index in [1.807, 2.05) is 18.2 Å². The molecule has 1 aliphatic carbocycles. The van der Waals surface area contributed by atoms with Crippen molar-refractivity contribution in [1.82, 2.24) is 0 Å². The number of aliphatic hydroxyl groups is 1. The molecule has 1 saturated carbocycles. The van der Waals surface area contributed by atoms with Crippen LogP contribution in [0.5, 0.6) is 5.75 Å². The summed E-state index contributed by atoms with van der Waals surface area (Å²) in [5, 5.41) is 10.6. The average Bonchev–Trinajstić information content (AvgIpc) is 2.50. The quantitative estimate of drug-likeness (QED) is 0.781. The van der Waals surface area contributed by atoms with Gasteiger partial charge in [0.05, 0.1) is 13.2 Å². The van der Waals surface area contributed by atoms with E-state index in [1.54, 1.807) is 7.11 Å². The Morgan fingerprint density at radius 2 is 2.00 bits per heavy atom. The summed E-state index contributed by atoms with van der Waals surface area (Å²) in [6.07, 6.45) is 8.03. The predicted octanol–water partition coefficient (Wildman–Crippen LogP) is 4.97. The van der Waals surface area contributed by atoms with Crippen LogP contribution in [0, 0.1) is 11.8 Å². The molecule has 2 rings (SSSR count). The van der Waals surface area contributed by atoms with E-state index < -0.39 is 0 Å². The first-order valence-electron chi connectivity index (χ1n) is 8.14. The van der Waals surface area contributed by atoms with E-state index in [0.717, 1.165) is 21.7 Å². The first kappa shape index (κ1) is 16.8. The highest BCUT2D eigenvalue weighted by Gasteiger charge is 2.26. The fraction of sp³-hybridized carbons (Fsp3) is 0.667. The molecule has 1 aromatic rings. The van der Waals surface area contributed by atoms with E-state index in [0.29, 0.717) is 12.3 Å². The third-order valence-electron chi connectivity index (χ3n) is 4.81. The van der Waals surface area contributed by atoms with Crippen LogP contribution in [-0.4, -0.2) is 18.3 Å². The average molecular weight is 355 g/mol. The molecule has 0 bridgehead atoms. The molecule has 0 spiro atoms. The monoisotopic (exact) mass is 354 g/mol. The summed E-state index contributed by atoms with van der Waals surface area (Å²) in [4.78, 5) is 0. The van der Waals surface area contributed by atoms with E-state index in [2.05, 4.69) is 22.9 Å². The molecule has 1 unspecified atom stereocenters. The fourth-order valence-corrected chi connectivity index (χ4v) is 3.90. The van der Waals surface area contributed by atoms with Crippen LogP contribution >= 0.6 is 15.9 Å². The van der Waals surface area contributed by atoms with Gasteiger partial charge in [-0.3, -0.25) is 0 Å². The highest BCUT2D eigenvalue weighted by Crippen LogP contribution is 2.35. The third-order valence-corrected chi connectivity index (χ3v) is 5.59. The first-order chi connectivity index (χ1) is 10.1. The summed E-state index contributed by atoms with van der Waals surface area (Å²) < 4.78 is 6.33. The van der Waals surface area contributed by atoms with Crippen LogP contribution in [0.3, 0.4) is 0 Å². The van der Waals surface area contributed by atoms with Crippen LogP contribution in [0.1, 0.15) is 51.0 Å². The van der Waals surface area contributed by atoms with Crippen molar-refractivity contribution in [3.05, 3.63) is 28.2 Å². The van der Waals surface area contributed by atoms with E-state index in [-0.39, 0.29) is 6.10 Å². The van der Waals surface area contributed by atoms with Gasteiger partial charge < -0.3 is 9.84 Å². The van der Waals surface area contributed by atoms with Gasteiger partial charge >= 0.3 is 0 Å². The Morgan fingerprint density at radius 3 is 2.62 bits per heavy atom. The zero-order valence-electron chi connectivity index (χ0n) is 13.1. The van der Waals surface area contributed by atoms with Crippen molar-refractivity contribution in [2.24, 2.45) is 11.8 Å². The summed E-state index contributed by atoms with van der Waals surface area (Å²) in [5.74, 6) is 2.20. The maximum absolute atomic E-state index is 10.6. The molecule has 1 fully saturated rings. The number of methoxy groups -OCH3 is 1. The molecular formula is C18H27BrO2. The molecular weight excluding hydrogens is 328 g/mol. The van der Waals surface area contributed by atoms with Gasteiger partial charge in [-0.1, -0.05) is 48.5 Å². The van der Waals surface area contributed by atoms with Crippen molar-refractivity contribution in [3.63, 3.8) is 0 Å². The number of rotatable bonds is 6. The lowest BCUT2D eigenvalue weighted by Crippen LogP contribution is -2.27. The van der Waals surface area contributed by atoms with Crippen LogP contribution in [0.2, 0.25) is 0 Å². The van der Waals surface area contributed by atoms with Crippen LogP contribution < -0.4 is 4.74 Å². The summed E-state index contributed by atoms with van der Waals surface area (Å²) >= 11 is 3.58. The van der Waals surface area contributed by atoms with E-state index >= 15 is 0 Å². The molecule has 0 aliphatic heterocycles. The Balaban J connectivity index is 1.91. The summed E-state index contributed by atoms with van der Waals surface area (Å²) in [6, 6.07) is 5.96. The van der Waals surface area contributed by atoms with Crippen molar-refractivity contribution < 1.29 is 9.84 Å². The van der Waals surface area contributed by atoms with Gasteiger partial charge in [-0.15, -0.1) is 0 Å². The van der Waals surface area contributed by atoms with Crippen molar-refractivity contribution in [2.75, 3.05) is 7.11 Å². The molecule has 1 atom stereocenters. The summed E-state index contributed by atoms with van der Waals surface area (Å²) in [5.41, 5.74) is 1.14. The lowest BCUT2D eigenvalue weighted by Gasteiger charge is -2.31. The first-order valence-corrected chi connectivity index (χ1v) is 8.93. The van der Waals surface area contributed by atoms with Crippen LogP contribution in [-0.2, 0) is 6.42 Å². The molecule has 1 N–H and O–H groups in total. The van der Waals surface area contributed by atoms with E-state index in [9.17, 15) is 5.11 Å². The molecule has 0 radical (unpaired) electrons. The molecule has 3 heteroatoms. The van der Waals surface area contributed by atoms with Crippen LogP contribution in [0.15, 0.2) is 22.7 Å². The second kappa shape index (κ2) is 8.19. The van der Waals surface area contributed by atoms with E-state index in [1.165, 1.54) is 38.5 Å². The predicted molar refractivity (Wildman–Crippen MR) is 90.8 cm³/mol. The molecule has 1 aliphatic rings. The Labute approximate surface area is 137 Å². The SMILES string of the molecule is CCCC1CCC(C(O)Cc2cc(OC)ccc2Br)CC1. The number of ether oxygens (including phenoxy) is 1. The summed E-state index contributed by atoms with van der Waals surface area (Å²) in [6.45, 7) is 2.27. The number of aliphatic hydroxyl groups excluding tert-OH is 1. The smallest absolute Gasteiger partial charge is 0.119 e. The molecule has 0 saturated heterocycles. The molecule has 21 heavy (non-hydrogen) atoms. The minimum atomic E-state index is -0.240. The minimum Gasteiger partial charge on any atom is -0.497 e. The fourth-order valence-electron chi connectivity index (χ4n) is 3.50. The normalized spacial score (nSPS) is 23.8. The van der Waals surface area contributed by atoms with Gasteiger partial charge in [0.15, 0.2) is 0 Å². The van der Waals surface area contributed by atoms with Gasteiger partial charge in [0, 0.05) is 4.47 Å². The lowest BCUT2D eigenvalue weighted by atomic mass is 9.77. The lowest BCUT2D eigenvalue weighted by molar-refractivity contribution is 0.0726. The molecule has 1 aromatic carbocycles. The Morgan fingerprint density at radius 1 is 1.29 bits per heavy atom. The highest BCUT2D eigenvalue weighted by atomic mass is 79.9. The number of hydrogen-bond acceptors (Lipinski definition) is 2. The van der Waals surface area contributed by atoms with Gasteiger partial charge in [0.25, 0.3) is 0 Å². The topological polar surface area (TPSA) is 29.5 Å². The highest BCUT2D eigenvalue weighted by molar-refractivity contribution is 9.10. The van der Waals surface area contributed by atoms with Gasteiger partial charge in [-0.05, 0) is 54.9 Å². The maximum Gasteiger partial charge on any atom is 0.119 e. The van der Waals surface area contributed by atoms with Crippen molar-refractivity contribution in [3.8, 4) is 5.75 Å². The zero-order valence-corrected chi connectivity index (χ0v) is 14.7. The Kier molecular flexibility index (Phi) is 6.56. The molecule has 0 amide bonds. The van der Waals surface area contributed by atoms with Gasteiger partial charge in [-0.25, -0.2) is 0 Å². The van der Waals surface area contributed by atoms with Crippen LogP contribution in [0.25, 0.3) is 0 Å². The van der Waals surface area contributed by atoms with Gasteiger partial charge in [0.1, 0.15) is 5.75 Å². The standard InChI is InChI=1S/C18H27BrO2/c1-3-4-13-5-7-14(8-6-13)18(20)12-15-11-16(21-2)9-10-17(15)19/h9-11,13-14,18,20H,3-8,12H2,1-2H3. The Hall–Kier alpha value is -0.540. The zero-order chi connectivity index (χ0) is 15.2. The van der Waals surface area contributed by atoms with E-state index in [4.69, 9.17) is 4.74 Å². The molecule has 0 aromatic heterocycles. The van der Waals surface area contributed by atoms with Gasteiger partial charge in [0.2, 0.25) is 0 Å². The van der Waals surface area contributed by atoms with Crippen molar-refractivity contribution >= 4 is 15.9 Å². The molecule has 118 valence electrons. The number of hydrogen-bond donors (Lipinski definition) is 1. The summed E-state index contributed by atoms with van der Waals surface area (Å²) in [7, 11) is 1.68. The van der Waals surface area contributed by atoms with Crippen molar-refractivity contribution in [2.45, 2.75) is 58.0 Å². The number of halogens is 1. The van der Waals surface area contributed by atoms with Crippen molar-refractivity contribution in [1.29, 1.82) is 0 Å². The van der Waals surface area contributed by atoms with Gasteiger partial charge in [-0.2, -0.15) is 0 Å². The third kappa shape index (κ3) is 4.72. The maximum atomic E-state index is 10.6. The molecule has 0 heterocycles. The second-order valence-electron chi connectivity index (χ2n) is 6.30. The molecule has 2 nitrogen and oxygen atoms in total. The second-order valence-corrected chi connectivity index (χ2v) is 7.15. The largest absolute Gasteiger partial charge is 0.497 e. The number of benzene rings is 1. The Bertz CT molecular complexity index is 439. The minimum absolute atomic E-state index is 0.240. The van der Waals surface area contributed by atoms with Crippen LogP contribution in [0.4, 0.5) is 0 Å².